The molecular formula is C41H41F. The van der Waals surface area contributed by atoms with E-state index in [0.717, 1.165) is 148 Å². The van der Waals surface area contributed by atoms with Gasteiger partial charge in [0.15, 0.2) is 0 Å². The van der Waals surface area contributed by atoms with Crippen LogP contribution in [0.25, 0.3) is 0 Å². The van der Waals surface area contributed by atoms with Crippen LogP contribution < -0.4 is 0 Å². The van der Waals surface area contributed by atoms with Crippen LogP contribution in [-0.2, 0) is 0 Å². The SMILES string of the molecule is FC1C2C3=C4C5C6C7=C8C9C(C=CC3C95)C3C=CC5C9CCC%10C%11CCC%12C(C4C4C%12C%11C%11C%10C9C(C7C%11C64)C5C83)C12. The van der Waals surface area contributed by atoms with E-state index in [0.29, 0.717) is 17.8 Å². The number of hydrogen-bond donors (Lipinski definition) is 0. The van der Waals surface area contributed by atoms with Crippen LogP contribution >= 0.6 is 0 Å². The lowest BCUT2D eigenvalue weighted by Gasteiger charge is -2.60. The summed E-state index contributed by atoms with van der Waals surface area (Å²) in [4.78, 5) is 0. The van der Waals surface area contributed by atoms with Gasteiger partial charge in [0.25, 0.3) is 0 Å². The average molecular weight is 553 g/mol. The second kappa shape index (κ2) is 5.38. The zero-order valence-electron chi connectivity index (χ0n) is 24.3. The minimum absolute atomic E-state index is 0.352. The zero-order valence-corrected chi connectivity index (χ0v) is 24.3. The number of fused-ring (bicyclic) bond motifs is 8. The molecule has 0 aliphatic heterocycles. The van der Waals surface area contributed by atoms with Gasteiger partial charge in [-0.1, -0.05) is 46.6 Å². The molecule has 0 saturated heterocycles. The first kappa shape index (κ1) is 20.1. The first-order valence-electron chi connectivity index (χ1n) is 19.3. The fraction of sp³-hybridized carbons (Fsp3) is 0.805. The second-order valence-electron chi connectivity index (χ2n) is 20.3. The molecule has 0 bridgehead atoms. The lowest BCUT2D eigenvalue weighted by Crippen LogP contribution is -2.57. The molecule has 0 amide bonds. The van der Waals surface area contributed by atoms with E-state index in [2.05, 4.69) is 35.5 Å². The van der Waals surface area contributed by atoms with Crippen molar-refractivity contribution in [2.45, 2.75) is 31.9 Å². The summed E-state index contributed by atoms with van der Waals surface area (Å²) < 4.78 is 16.5. The van der Waals surface area contributed by atoms with Crippen LogP contribution in [0.2, 0.25) is 0 Å². The molecule has 0 heterocycles. The Kier molecular flexibility index (Phi) is 2.58. The highest BCUT2D eigenvalue weighted by molar-refractivity contribution is 5.58. The molecule has 11 saturated carbocycles. The van der Waals surface area contributed by atoms with E-state index < -0.39 is 6.17 Å². The quantitative estimate of drug-likeness (QED) is 0.282. The lowest BCUT2D eigenvalue weighted by molar-refractivity contribution is -0.127. The molecule has 212 valence electrons. The summed E-state index contributed by atoms with van der Waals surface area (Å²) in [5.41, 5.74) is 8.23. The van der Waals surface area contributed by atoms with E-state index >= 15 is 4.39 Å². The van der Waals surface area contributed by atoms with Crippen LogP contribution in [0.1, 0.15) is 25.7 Å². The monoisotopic (exact) mass is 552 g/mol. The van der Waals surface area contributed by atoms with E-state index in [1.807, 2.05) is 5.57 Å². The number of hydrogen-bond acceptors (Lipinski definition) is 0. The standard InChI is InChI=1S/C41H41F/c42-41-39-25-15-7-5-13-11-3-1-9-10-2-4-12-14-6-8-16-24-22(14)29-20(12)18(10)27-17(9)19(11)28-21(13)23(15)30-32(25)33(26(16)40(39)41)31(24)38-36(29)34(27)35(28)37(30)38/h1,3,5,7,9-24,26-27,29-31,33-34,36-41H,2,4,6,8H2. The molecule has 1 heteroatoms. The minimum Gasteiger partial charge on any atom is -0.246 e. The van der Waals surface area contributed by atoms with Gasteiger partial charge >= 0.3 is 0 Å². The van der Waals surface area contributed by atoms with Crippen molar-refractivity contribution < 1.29 is 4.39 Å². The Morgan fingerprint density at radius 2 is 0.905 bits per heavy atom. The van der Waals surface area contributed by atoms with Crippen LogP contribution in [0.4, 0.5) is 4.39 Å². The molecule has 0 aromatic carbocycles. The van der Waals surface area contributed by atoms with E-state index in [1.54, 1.807) is 24.8 Å². The minimum atomic E-state index is -0.480. The highest BCUT2D eigenvalue weighted by Gasteiger charge is 2.87. The smallest absolute Gasteiger partial charge is 0.111 e. The summed E-state index contributed by atoms with van der Waals surface area (Å²) >= 11 is 0. The van der Waals surface area contributed by atoms with Gasteiger partial charge in [-0.2, -0.15) is 0 Å². The zero-order chi connectivity index (χ0) is 25.7. The van der Waals surface area contributed by atoms with E-state index in [1.165, 1.54) is 6.42 Å². The van der Waals surface area contributed by atoms with Gasteiger partial charge in [0.1, 0.15) is 6.17 Å². The third kappa shape index (κ3) is 1.44. The number of alkyl halides is 1. The third-order valence-electron chi connectivity index (χ3n) is 21.5. The summed E-state index contributed by atoms with van der Waals surface area (Å²) in [5.74, 6) is 25.5. The first-order chi connectivity index (χ1) is 20.8. The van der Waals surface area contributed by atoms with Gasteiger partial charge in [0.2, 0.25) is 0 Å². The van der Waals surface area contributed by atoms with Gasteiger partial charge in [0, 0.05) is 17.8 Å². The maximum Gasteiger partial charge on any atom is 0.111 e. The van der Waals surface area contributed by atoms with Crippen molar-refractivity contribution in [2.75, 3.05) is 0 Å². The molecule has 0 nitrogen and oxygen atoms in total. The van der Waals surface area contributed by atoms with Crippen LogP contribution in [-0.4, -0.2) is 6.17 Å². The Bertz CT molecular complexity index is 1690. The molecule has 17 aliphatic rings. The van der Waals surface area contributed by atoms with Gasteiger partial charge in [-0.05, 0) is 174 Å². The number of halogens is 1. The van der Waals surface area contributed by atoms with E-state index in [4.69, 9.17) is 0 Å². The largest absolute Gasteiger partial charge is 0.246 e. The Hall–Kier alpha value is -1.11. The molecule has 42 heavy (non-hydrogen) atoms. The average Bonchev–Trinajstić information content (AvgIpc) is 3.60. The van der Waals surface area contributed by atoms with Crippen LogP contribution in [0.3, 0.4) is 0 Å². The molecule has 0 N–H and O–H groups in total. The van der Waals surface area contributed by atoms with Crippen molar-refractivity contribution >= 4 is 0 Å². The predicted octanol–water partition coefficient (Wildman–Crippen LogP) is 7.08. The highest BCUT2D eigenvalue weighted by Crippen LogP contribution is 2.91. The summed E-state index contributed by atoms with van der Waals surface area (Å²) in [7, 11) is 0. The van der Waals surface area contributed by atoms with Crippen molar-refractivity contribution in [1.82, 2.24) is 0 Å². The summed E-state index contributed by atoms with van der Waals surface area (Å²) in [6, 6.07) is 0. The summed E-state index contributed by atoms with van der Waals surface area (Å²) in [6.07, 6.45) is 17.1. The lowest BCUT2D eigenvalue weighted by atomic mass is 9.44. The number of allylic oxidation sites excluding steroid dienone is 8. The van der Waals surface area contributed by atoms with Crippen molar-refractivity contribution in [1.29, 1.82) is 0 Å². The fourth-order valence-electron chi connectivity index (χ4n) is 22.7. The molecule has 29 atom stereocenters. The Morgan fingerprint density at radius 3 is 1.79 bits per heavy atom. The van der Waals surface area contributed by atoms with E-state index in [9.17, 15) is 0 Å². The topological polar surface area (TPSA) is 0 Å². The fourth-order valence-corrected chi connectivity index (χ4v) is 22.7. The Balaban J connectivity index is 1.08. The van der Waals surface area contributed by atoms with Gasteiger partial charge in [-0.3, -0.25) is 0 Å². The molecule has 11 fully saturated rings. The highest BCUT2D eigenvalue weighted by atomic mass is 19.1. The summed E-state index contributed by atoms with van der Waals surface area (Å²) in [5, 5.41) is 0. The normalized spacial score (nSPS) is 81.9. The maximum atomic E-state index is 16.5. The maximum absolute atomic E-state index is 16.5. The second-order valence-corrected chi connectivity index (χ2v) is 20.3. The molecule has 0 spiro atoms. The Morgan fingerprint density at radius 1 is 0.357 bits per heavy atom. The molecule has 17 rings (SSSR count). The van der Waals surface area contributed by atoms with Gasteiger partial charge < -0.3 is 0 Å². The molecule has 0 aromatic heterocycles. The van der Waals surface area contributed by atoms with Crippen LogP contribution in [0, 0.1) is 166 Å². The molecular weight excluding hydrogens is 511 g/mol. The van der Waals surface area contributed by atoms with E-state index in [-0.39, 0.29) is 0 Å². The van der Waals surface area contributed by atoms with Crippen molar-refractivity contribution in [3.63, 3.8) is 0 Å². The van der Waals surface area contributed by atoms with Gasteiger partial charge in [-0.15, -0.1) is 0 Å². The number of rotatable bonds is 0. The molecule has 29 unspecified atom stereocenters. The third-order valence-corrected chi connectivity index (χ3v) is 21.5. The van der Waals surface area contributed by atoms with Crippen LogP contribution in [0.15, 0.2) is 46.6 Å². The molecule has 17 aliphatic carbocycles. The van der Waals surface area contributed by atoms with Gasteiger partial charge in [0.05, 0.1) is 0 Å². The molecule has 0 aromatic rings. The van der Waals surface area contributed by atoms with Crippen molar-refractivity contribution in [3.05, 3.63) is 46.6 Å². The molecule has 0 radical (unpaired) electrons. The van der Waals surface area contributed by atoms with Gasteiger partial charge in [-0.25, -0.2) is 4.39 Å². The Labute approximate surface area is 248 Å². The predicted molar refractivity (Wildman–Crippen MR) is 153 cm³/mol. The van der Waals surface area contributed by atoms with Crippen molar-refractivity contribution in [3.8, 4) is 0 Å². The first-order valence-corrected chi connectivity index (χ1v) is 19.3. The summed E-state index contributed by atoms with van der Waals surface area (Å²) in [6.45, 7) is 0. The van der Waals surface area contributed by atoms with Crippen LogP contribution in [0.5, 0.6) is 0 Å². The van der Waals surface area contributed by atoms with Crippen molar-refractivity contribution in [2.24, 2.45) is 166 Å².